The number of alkyl halides is 2. The first-order valence-electron chi connectivity index (χ1n) is 6.35. The minimum absolute atomic E-state index is 0.0730. The Hall–Kier alpha value is -1.06. The molecule has 1 N–H and O–H groups in total. The molecule has 0 aromatic carbocycles. The first-order chi connectivity index (χ1) is 9.37. The van der Waals surface area contributed by atoms with Crippen molar-refractivity contribution < 1.29 is 17.2 Å². The van der Waals surface area contributed by atoms with Crippen LogP contribution in [-0.4, -0.2) is 55.6 Å². The Balaban J connectivity index is 2.65. The van der Waals surface area contributed by atoms with Gasteiger partial charge in [0.05, 0.1) is 19.3 Å². The molecule has 0 saturated heterocycles. The Bertz CT molecular complexity index is 504. The number of sulfonamides is 1. The Kier molecular flexibility index (Phi) is 6.50. The fourth-order valence-corrected chi connectivity index (χ4v) is 2.67. The van der Waals surface area contributed by atoms with Gasteiger partial charge in [0, 0.05) is 19.8 Å². The molecule has 116 valence electrons. The SMILES string of the molecule is CCCNCCn1cc(S(=O)(=O)N(C)CC(F)F)cn1. The van der Waals surface area contributed by atoms with Crippen LogP contribution in [-0.2, 0) is 16.6 Å². The molecule has 0 saturated carbocycles. The van der Waals surface area contributed by atoms with Gasteiger partial charge in [0.1, 0.15) is 4.90 Å². The maximum absolute atomic E-state index is 12.2. The predicted octanol–water partition coefficient (Wildman–Crippen LogP) is 0.768. The minimum Gasteiger partial charge on any atom is -0.315 e. The lowest BCUT2D eigenvalue weighted by Gasteiger charge is -2.14. The summed E-state index contributed by atoms with van der Waals surface area (Å²) in [4.78, 5) is -0.0730. The average molecular weight is 310 g/mol. The van der Waals surface area contributed by atoms with E-state index in [0.29, 0.717) is 17.4 Å². The van der Waals surface area contributed by atoms with E-state index in [1.807, 2.05) is 6.92 Å². The largest absolute Gasteiger partial charge is 0.315 e. The summed E-state index contributed by atoms with van der Waals surface area (Å²) in [5, 5.41) is 7.09. The zero-order valence-corrected chi connectivity index (χ0v) is 12.4. The molecular formula is C11H20F2N4O2S. The van der Waals surface area contributed by atoms with E-state index in [2.05, 4.69) is 10.4 Å². The molecule has 1 aromatic rings. The van der Waals surface area contributed by atoms with Gasteiger partial charge in [-0.1, -0.05) is 6.92 Å². The fourth-order valence-electron chi connectivity index (χ4n) is 1.57. The van der Waals surface area contributed by atoms with Gasteiger partial charge in [0.15, 0.2) is 0 Å². The average Bonchev–Trinajstić information content (AvgIpc) is 2.83. The van der Waals surface area contributed by atoms with Crippen LogP contribution in [0.15, 0.2) is 17.3 Å². The highest BCUT2D eigenvalue weighted by atomic mass is 32.2. The number of halogens is 2. The van der Waals surface area contributed by atoms with Gasteiger partial charge in [-0.2, -0.15) is 9.40 Å². The van der Waals surface area contributed by atoms with Gasteiger partial charge in [0.2, 0.25) is 10.0 Å². The number of nitrogens with zero attached hydrogens (tertiary/aromatic N) is 3. The molecule has 0 aliphatic carbocycles. The van der Waals surface area contributed by atoms with Crippen molar-refractivity contribution in [2.75, 3.05) is 26.7 Å². The first-order valence-corrected chi connectivity index (χ1v) is 7.79. The molecule has 20 heavy (non-hydrogen) atoms. The van der Waals surface area contributed by atoms with Gasteiger partial charge in [-0.3, -0.25) is 4.68 Å². The highest BCUT2D eigenvalue weighted by Crippen LogP contribution is 2.14. The predicted molar refractivity (Wildman–Crippen MR) is 71.2 cm³/mol. The number of aromatic nitrogens is 2. The van der Waals surface area contributed by atoms with Crippen molar-refractivity contribution in [2.45, 2.75) is 31.2 Å². The molecular weight excluding hydrogens is 290 g/mol. The molecule has 1 rings (SSSR count). The second kappa shape index (κ2) is 7.65. The van der Waals surface area contributed by atoms with Crippen molar-refractivity contribution in [3.63, 3.8) is 0 Å². The second-order valence-corrected chi connectivity index (χ2v) is 6.41. The molecule has 0 bridgehead atoms. The third-order valence-corrected chi connectivity index (χ3v) is 4.43. The summed E-state index contributed by atoms with van der Waals surface area (Å²) < 4.78 is 50.6. The highest BCUT2D eigenvalue weighted by Gasteiger charge is 2.24. The summed E-state index contributed by atoms with van der Waals surface area (Å²) in [6, 6.07) is 0. The fraction of sp³-hybridized carbons (Fsp3) is 0.727. The van der Waals surface area contributed by atoms with Crippen LogP contribution in [0.4, 0.5) is 8.78 Å². The van der Waals surface area contributed by atoms with Crippen molar-refractivity contribution >= 4 is 10.0 Å². The van der Waals surface area contributed by atoms with Crippen LogP contribution in [0.5, 0.6) is 0 Å². The zero-order valence-electron chi connectivity index (χ0n) is 11.6. The molecule has 9 heteroatoms. The Morgan fingerprint density at radius 3 is 2.75 bits per heavy atom. The van der Waals surface area contributed by atoms with E-state index >= 15 is 0 Å². The molecule has 1 heterocycles. The number of hydrogen-bond donors (Lipinski definition) is 1. The van der Waals surface area contributed by atoms with Gasteiger partial charge in [-0.15, -0.1) is 0 Å². The smallest absolute Gasteiger partial charge is 0.252 e. The lowest BCUT2D eigenvalue weighted by Crippen LogP contribution is -2.31. The Morgan fingerprint density at radius 2 is 2.15 bits per heavy atom. The molecule has 0 amide bonds. The monoisotopic (exact) mass is 310 g/mol. The van der Waals surface area contributed by atoms with Gasteiger partial charge in [-0.25, -0.2) is 17.2 Å². The van der Waals surface area contributed by atoms with E-state index in [1.54, 1.807) is 0 Å². The zero-order chi connectivity index (χ0) is 15.2. The molecule has 0 aliphatic heterocycles. The Labute approximate surface area is 117 Å². The summed E-state index contributed by atoms with van der Waals surface area (Å²) >= 11 is 0. The van der Waals surface area contributed by atoms with E-state index in [1.165, 1.54) is 17.1 Å². The van der Waals surface area contributed by atoms with E-state index in [0.717, 1.165) is 20.0 Å². The molecule has 0 spiro atoms. The van der Waals surface area contributed by atoms with Crippen LogP contribution in [0.3, 0.4) is 0 Å². The molecule has 6 nitrogen and oxygen atoms in total. The lowest BCUT2D eigenvalue weighted by molar-refractivity contribution is 0.126. The van der Waals surface area contributed by atoms with Crippen molar-refractivity contribution in [3.05, 3.63) is 12.4 Å². The summed E-state index contributed by atoms with van der Waals surface area (Å²) in [6.07, 6.45) is 0.835. The number of nitrogens with one attached hydrogen (secondary N) is 1. The molecule has 0 fully saturated rings. The van der Waals surface area contributed by atoms with Gasteiger partial charge < -0.3 is 5.32 Å². The molecule has 0 unspecified atom stereocenters. The standard InChI is InChI=1S/C11H20F2N4O2S/c1-3-4-14-5-6-17-8-10(7-15-17)20(18,19)16(2)9-11(12)13/h7-8,11,14H,3-6,9H2,1-2H3. The maximum Gasteiger partial charge on any atom is 0.252 e. The third kappa shape index (κ3) is 4.80. The number of rotatable bonds is 9. The number of hydrogen-bond acceptors (Lipinski definition) is 4. The van der Waals surface area contributed by atoms with Crippen LogP contribution in [0.25, 0.3) is 0 Å². The van der Waals surface area contributed by atoms with Crippen LogP contribution in [0, 0.1) is 0 Å². The quantitative estimate of drug-likeness (QED) is 0.684. The summed E-state index contributed by atoms with van der Waals surface area (Å²) in [5.74, 6) is 0. The molecule has 1 aromatic heterocycles. The summed E-state index contributed by atoms with van der Waals surface area (Å²) in [7, 11) is -2.77. The van der Waals surface area contributed by atoms with E-state index in [4.69, 9.17) is 0 Å². The van der Waals surface area contributed by atoms with Gasteiger partial charge in [0.25, 0.3) is 6.43 Å². The van der Waals surface area contributed by atoms with Crippen LogP contribution in [0.1, 0.15) is 13.3 Å². The van der Waals surface area contributed by atoms with E-state index in [9.17, 15) is 17.2 Å². The molecule has 0 radical (unpaired) electrons. The first kappa shape index (κ1) is 17.0. The second-order valence-electron chi connectivity index (χ2n) is 4.37. The van der Waals surface area contributed by atoms with E-state index < -0.39 is 23.0 Å². The minimum atomic E-state index is -3.90. The van der Waals surface area contributed by atoms with Crippen molar-refractivity contribution in [1.82, 2.24) is 19.4 Å². The van der Waals surface area contributed by atoms with Crippen LogP contribution >= 0.6 is 0 Å². The van der Waals surface area contributed by atoms with Crippen LogP contribution in [0.2, 0.25) is 0 Å². The normalized spacial score (nSPS) is 12.5. The Morgan fingerprint density at radius 1 is 1.45 bits per heavy atom. The molecule has 0 aliphatic rings. The summed E-state index contributed by atoms with van der Waals surface area (Å²) in [6.45, 7) is 3.29. The maximum atomic E-state index is 12.2. The van der Waals surface area contributed by atoms with Gasteiger partial charge in [-0.05, 0) is 13.0 Å². The molecule has 0 atom stereocenters. The van der Waals surface area contributed by atoms with Crippen molar-refractivity contribution in [1.29, 1.82) is 0 Å². The van der Waals surface area contributed by atoms with Crippen molar-refractivity contribution in [3.8, 4) is 0 Å². The van der Waals surface area contributed by atoms with Gasteiger partial charge >= 0.3 is 0 Å². The highest BCUT2D eigenvalue weighted by molar-refractivity contribution is 7.89. The lowest BCUT2D eigenvalue weighted by atomic mass is 10.5. The van der Waals surface area contributed by atoms with E-state index in [-0.39, 0.29) is 4.90 Å². The topological polar surface area (TPSA) is 67.2 Å². The van der Waals surface area contributed by atoms with Crippen LogP contribution < -0.4 is 5.32 Å². The van der Waals surface area contributed by atoms with Crippen molar-refractivity contribution in [2.24, 2.45) is 0 Å². The third-order valence-electron chi connectivity index (χ3n) is 2.66. The summed E-state index contributed by atoms with van der Waals surface area (Å²) in [5.41, 5.74) is 0.